The third-order valence-electron chi connectivity index (χ3n) is 2.40. The lowest BCUT2D eigenvalue weighted by molar-refractivity contribution is 0.418. The summed E-state index contributed by atoms with van der Waals surface area (Å²) in [7, 11) is 1.86. The van der Waals surface area contributed by atoms with Crippen molar-refractivity contribution in [1.82, 2.24) is 20.4 Å². The molecular formula is C11H13FN4O. The van der Waals surface area contributed by atoms with E-state index < -0.39 is 5.82 Å². The minimum Gasteiger partial charge on any atom is -0.334 e. The van der Waals surface area contributed by atoms with E-state index in [2.05, 4.69) is 20.4 Å². The van der Waals surface area contributed by atoms with Crippen LogP contribution in [0.15, 0.2) is 23.0 Å². The van der Waals surface area contributed by atoms with Crippen molar-refractivity contribution >= 4 is 0 Å². The molecule has 90 valence electrons. The fourth-order valence-electron chi connectivity index (χ4n) is 1.36. The Bertz CT molecular complexity index is 500. The Balaban J connectivity index is 2.18. The van der Waals surface area contributed by atoms with Gasteiger partial charge < -0.3 is 9.84 Å². The molecule has 0 aliphatic heterocycles. The van der Waals surface area contributed by atoms with Crippen LogP contribution in [0.1, 0.15) is 12.7 Å². The Morgan fingerprint density at radius 3 is 3.00 bits per heavy atom. The first-order valence-corrected chi connectivity index (χ1v) is 5.30. The third kappa shape index (κ3) is 2.85. The van der Waals surface area contributed by atoms with Gasteiger partial charge in [0.15, 0.2) is 5.82 Å². The first kappa shape index (κ1) is 11.7. The molecule has 1 unspecified atom stereocenters. The van der Waals surface area contributed by atoms with E-state index in [4.69, 9.17) is 4.52 Å². The van der Waals surface area contributed by atoms with Crippen molar-refractivity contribution in [2.75, 3.05) is 7.05 Å². The van der Waals surface area contributed by atoms with Crippen LogP contribution >= 0.6 is 0 Å². The molecule has 0 saturated heterocycles. The quantitative estimate of drug-likeness (QED) is 0.869. The van der Waals surface area contributed by atoms with Crippen molar-refractivity contribution in [2.24, 2.45) is 0 Å². The van der Waals surface area contributed by atoms with Gasteiger partial charge in [0.05, 0.1) is 11.8 Å². The van der Waals surface area contributed by atoms with Gasteiger partial charge in [0.1, 0.15) is 5.82 Å². The average molecular weight is 236 g/mol. The van der Waals surface area contributed by atoms with Gasteiger partial charge in [-0.2, -0.15) is 4.98 Å². The van der Waals surface area contributed by atoms with Crippen molar-refractivity contribution in [1.29, 1.82) is 0 Å². The Kier molecular flexibility index (Phi) is 3.43. The second kappa shape index (κ2) is 5.01. The first-order valence-electron chi connectivity index (χ1n) is 5.30. The molecule has 2 rings (SSSR count). The monoisotopic (exact) mass is 236 g/mol. The summed E-state index contributed by atoms with van der Waals surface area (Å²) in [6.45, 7) is 2.01. The molecule has 0 aromatic carbocycles. The number of aromatic nitrogens is 3. The highest BCUT2D eigenvalue weighted by molar-refractivity contribution is 5.50. The number of pyridine rings is 1. The van der Waals surface area contributed by atoms with Crippen LogP contribution in [-0.4, -0.2) is 28.2 Å². The number of rotatable bonds is 4. The Morgan fingerprint density at radius 2 is 2.29 bits per heavy atom. The third-order valence-corrected chi connectivity index (χ3v) is 2.40. The molecule has 5 nitrogen and oxygen atoms in total. The summed E-state index contributed by atoms with van der Waals surface area (Å²) in [5.74, 6) is 0.451. The molecule has 0 aliphatic rings. The van der Waals surface area contributed by atoms with Crippen LogP contribution in [0.5, 0.6) is 0 Å². The van der Waals surface area contributed by atoms with Gasteiger partial charge in [-0.25, -0.2) is 4.39 Å². The molecule has 0 fully saturated rings. The van der Waals surface area contributed by atoms with E-state index in [1.54, 1.807) is 0 Å². The molecule has 0 saturated carbocycles. The van der Waals surface area contributed by atoms with Gasteiger partial charge >= 0.3 is 0 Å². The topological polar surface area (TPSA) is 63.8 Å². The van der Waals surface area contributed by atoms with Crippen LogP contribution < -0.4 is 5.32 Å². The zero-order valence-electron chi connectivity index (χ0n) is 9.64. The number of nitrogens with one attached hydrogen (secondary N) is 1. The van der Waals surface area contributed by atoms with Crippen LogP contribution in [0.3, 0.4) is 0 Å². The van der Waals surface area contributed by atoms with E-state index in [1.807, 2.05) is 14.0 Å². The summed E-state index contributed by atoms with van der Waals surface area (Å²) in [5.41, 5.74) is 0.487. The lowest BCUT2D eigenvalue weighted by atomic mass is 10.2. The van der Waals surface area contributed by atoms with Gasteiger partial charge in [-0.05, 0) is 20.0 Å². The molecule has 0 bridgehead atoms. The summed E-state index contributed by atoms with van der Waals surface area (Å²) < 4.78 is 18.0. The number of halogens is 1. The second-order valence-corrected chi connectivity index (χ2v) is 3.80. The van der Waals surface area contributed by atoms with E-state index >= 15 is 0 Å². The Hall–Kier alpha value is -1.82. The predicted molar refractivity (Wildman–Crippen MR) is 59.7 cm³/mol. The van der Waals surface area contributed by atoms with Crippen LogP contribution in [0, 0.1) is 5.82 Å². The first-order chi connectivity index (χ1) is 8.19. The Labute approximate surface area is 98.1 Å². The van der Waals surface area contributed by atoms with Crippen molar-refractivity contribution in [3.8, 4) is 11.5 Å². The second-order valence-electron chi connectivity index (χ2n) is 3.80. The minimum absolute atomic E-state index is 0.256. The fraction of sp³-hybridized carbons (Fsp3) is 0.364. The summed E-state index contributed by atoms with van der Waals surface area (Å²) >= 11 is 0. The number of hydrogen-bond acceptors (Lipinski definition) is 5. The normalized spacial score (nSPS) is 12.6. The highest BCUT2D eigenvalue weighted by atomic mass is 19.1. The maximum Gasteiger partial charge on any atom is 0.259 e. The molecule has 2 aromatic heterocycles. The molecule has 1 atom stereocenters. The molecule has 2 heterocycles. The fourth-order valence-corrected chi connectivity index (χ4v) is 1.36. The van der Waals surface area contributed by atoms with Crippen molar-refractivity contribution in [3.05, 3.63) is 30.1 Å². The maximum atomic E-state index is 13.0. The minimum atomic E-state index is -0.425. The van der Waals surface area contributed by atoms with E-state index in [0.29, 0.717) is 17.8 Å². The van der Waals surface area contributed by atoms with Gasteiger partial charge in [-0.15, -0.1) is 0 Å². The zero-order valence-corrected chi connectivity index (χ0v) is 9.64. The van der Waals surface area contributed by atoms with Crippen molar-refractivity contribution in [3.63, 3.8) is 0 Å². The van der Waals surface area contributed by atoms with Gasteiger partial charge in [0, 0.05) is 18.7 Å². The average Bonchev–Trinajstić information content (AvgIpc) is 2.77. The van der Waals surface area contributed by atoms with E-state index in [-0.39, 0.29) is 11.9 Å². The lowest BCUT2D eigenvalue weighted by Gasteiger charge is -2.04. The predicted octanol–water partition coefficient (Wildman–Crippen LogP) is 1.42. The van der Waals surface area contributed by atoms with Gasteiger partial charge in [0.25, 0.3) is 5.89 Å². The van der Waals surface area contributed by atoms with Gasteiger partial charge in [-0.1, -0.05) is 5.16 Å². The smallest absolute Gasteiger partial charge is 0.259 e. The molecule has 1 N–H and O–H groups in total. The SMILES string of the molecule is CNC(C)Cc1noc(-c2cncc(F)c2)n1. The summed E-state index contributed by atoms with van der Waals surface area (Å²) in [6, 6.07) is 1.57. The van der Waals surface area contributed by atoms with Gasteiger partial charge in [0.2, 0.25) is 0 Å². The molecule has 0 amide bonds. The molecular weight excluding hydrogens is 223 g/mol. The van der Waals surface area contributed by atoms with E-state index in [0.717, 1.165) is 6.20 Å². The highest BCUT2D eigenvalue weighted by Crippen LogP contribution is 2.16. The standard InChI is InChI=1S/C11H13FN4O/c1-7(13-2)3-10-15-11(17-16-10)8-4-9(12)6-14-5-8/h4-7,13H,3H2,1-2H3. The highest BCUT2D eigenvalue weighted by Gasteiger charge is 2.11. The van der Waals surface area contributed by atoms with Crippen LogP contribution in [0.2, 0.25) is 0 Å². The number of hydrogen-bond donors (Lipinski definition) is 1. The molecule has 17 heavy (non-hydrogen) atoms. The Morgan fingerprint density at radius 1 is 1.47 bits per heavy atom. The largest absolute Gasteiger partial charge is 0.334 e. The van der Waals surface area contributed by atoms with Crippen LogP contribution in [0.25, 0.3) is 11.5 Å². The molecule has 0 spiro atoms. The number of likely N-dealkylation sites (N-methyl/N-ethyl adjacent to an activating group) is 1. The summed E-state index contributed by atoms with van der Waals surface area (Å²) in [4.78, 5) is 7.92. The van der Waals surface area contributed by atoms with E-state index in [9.17, 15) is 4.39 Å². The van der Waals surface area contributed by atoms with Crippen LogP contribution in [-0.2, 0) is 6.42 Å². The van der Waals surface area contributed by atoms with Gasteiger partial charge in [-0.3, -0.25) is 4.98 Å². The van der Waals surface area contributed by atoms with Crippen molar-refractivity contribution < 1.29 is 8.91 Å². The van der Waals surface area contributed by atoms with Crippen LogP contribution in [0.4, 0.5) is 4.39 Å². The van der Waals surface area contributed by atoms with E-state index in [1.165, 1.54) is 12.3 Å². The number of nitrogens with zero attached hydrogens (tertiary/aromatic N) is 3. The summed E-state index contributed by atoms with van der Waals surface area (Å²) in [5, 5.41) is 6.91. The molecule has 2 aromatic rings. The zero-order chi connectivity index (χ0) is 12.3. The molecule has 0 radical (unpaired) electrons. The van der Waals surface area contributed by atoms with Crippen molar-refractivity contribution in [2.45, 2.75) is 19.4 Å². The summed E-state index contributed by atoms with van der Waals surface area (Å²) in [6.07, 6.45) is 3.27. The molecule has 6 heteroatoms. The lowest BCUT2D eigenvalue weighted by Crippen LogP contribution is -2.24. The molecule has 0 aliphatic carbocycles. The maximum absolute atomic E-state index is 13.0.